The molecule has 7 heteroatoms. The molecule has 3 aliphatic carbocycles. The maximum atomic E-state index is 13.2. The standard InChI is InChI=1S/C22H25NO3.C10H14O3/c1-21(2)11-19(24)22(20(25)12-21)10-17-16-7-5-4-6-15(16)8-9-18(17)23(13-22)14-26-3;1-9(2)6-3-4-10(9,8(12)13)7(11)5-6/h4-9H,10-14H2,1-3H3;6H,3-5H2,1-2H3,(H,12,13)/t;6-,10+/m.0/s1. The number of fused-ring (bicyclic) bond motifs is 5. The molecule has 2 atom stereocenters. The van der Waals surface area contributed by atoms with Gasteiger partial charge in [-0.05, 0) is 58.4 Å². The summed E-state index contributed by atoms with van der Waals surface area (Å²) in [4.78, 5) is 51.3. The average Bonchev–Trinajstić information content (AvgIpc) is 3.24. The number of anilines is 1. The van der Waals surface area contributed by atoms with E-state index in [2.05, 4.69) is 29.2 Å². The van der Waals surface area contributed by atoms with Crippen LogP contribution in [-0.4, -0.2) is 48.8 Å². The number of carbonyl (C=O) groups is 4. The van der Waals surface area contributed by atoms with Crippen LogP contribution in [0.2, 0.25) is 0 Å². The molecule has 1 heterocycles. The van der Waals surface area contributed by atoms with Crippen LogP contribution >= 0.6 is 0 Å². The molecule has 2 aromatic rings. The van der Waals surface area contributed by atoms with Crippen molar-refractivity contribution in [2.75, 3.05) is 25.3 Å². The van der Waals surface area contributed by atoms with Crippen molar-refractivity contribution in [2.45, 2.75) is 66.2 Å². The second-order valence-corrected chi connectivity index (χ2v) is 13.3. The number of ketones is 3. The molecule has 1 N–H and O–H groups in total. The number of hydrogen-bond acceptors (Lipinski definition) is 6. The lowest BCUT2D eigenvalue weighted by Crippen LogP contribution is -2.57. The number of benzene rings is 2. The molecule has 0 unspecified atom stereocenters. The minimum atomic E-state index is -1.06. The zero-order valence-electron chi connectivity index (χ0n) is 23.6. The van der Waals surface area contributed by atoms with Crippen LogP contribution in [0.25, 0.3) is 10.8 Å². The second-order valence-electron chi connectivity index (χ2n) is 13.3. The van der Waals surface area contributed by atoms with Crippen molar-refractivity contribution in [3.05, 3.63) is 42.0 Å². The van der Waals surface area contributed by atoms with Gasteiger partial charge >= 0.3 is 5.97 Å². The number of carboxylic acids is 1. The van der Waals surface area contributed by atoms with Gasteiger partial charge in [-0.1, -0.05) is 58.0 Å². The van der Waals surface area contributed by atoms with E-state index in [-0.39, 0.29) is 34.1 Å². The third-order valence-electron chi connectivity index (χ3n) is 10.2. The van der Waals surface area contributed by atoms with E-state index in [4.69, 9.17) is 4.74 Å². The Balaban J connectivity index is 0.000000198. The predicted molar refractivity (Wildman–Crippen MR) is 149 cm³/mol. The van der Waals surface area contributed by atoms with Gasteiger partial charge in [0.1, 0.15) is 29.1 Å². The molecule has 3 saturated carbocycles. The molecule has 1 aliphatic heterocycles. The Morgan fingerprint density at radius 1 is 0.974 bits per heavy atom. The topological polar surface area (TPSA) is 101 Å². The fourth-order valence-electron chi connectivity index (χ4n) is 7.82. The Hall–Kier alpha value is -3.06. The Labute approximate surface area is 229 Å². The highest BCUT2D eigenvalue weighted by Gasteiger charge is 2.68. The molecule has 208 valence electrons. The van der Waals surface area contributed by atoms with Gasteiger partial charge in [0, 0.05) is 38.6 Å². The summed E-state index contributed by atoms with van der Waals surface area (Å²) in [5.41, 5.74) is -0.419. The number of ether oxygens (including phenoxy) is 1. The summed E-state index contributed by atoms with van der Waals surface area (Å²) < 4.78 is 5.40. The maximum Gasteiger partial charge on any atom is 0.317 e. The summed E-state index contributed by atoms with van der Waals surface area (Å²) in [6, 6.07) is 12.4. The van der Waals surface area contributed by atoms with Gasteiger partial charge < -0.3 is 14.7 Å². The molecule has 0 radical (unpaired) electrons. The summed E-state index contributed by atoms with van der Waals surface area (Å²) in [7, 11) is 1.65. The number of Topliss-reactive ketones (excluding diaryl/α,β-unsaturated/α-hetero) is 3. The fourth-order valence-corrected chi connectivity index (χ4v) is 7.82. The van der Waals surface area contributed by atoms with Crippen molar-refractivity contribution in [1.82, 2.24) is 0 Å². The van der Waals surface area contributed by atoms with Crippen LogP contribution in [0.15, 0.2) is 36.4 Å². The smallest absolute Gasteiger partial charge is 0.317 e. The number of aliphatic carboxylic acids is 1. The number of nitrogens with zero attached hydrogens (tertiary/aromatic N) is 1. The molecule has 0 aromatic heterocycles. The van der Waals surface area contributed by atoms with E-state index in [9.17, 15) is 24.3 Å². The molecule has 7 nitrogen and oxygen atoms in total. The molecule has 6 rings (SSSR count). The molecule has 1 spiro atoms. The summed E-state index contributed by atoms with van der Waals surface area (Å²) in [5.74, 6) is -0.517. The first-order valence-electron chi connectivity index (χ1n) is 13.9. The highest BCUT2D eigenvalue weighted by molar-refractivity contribution is 6.12. The Morgan fingerprint density at radius 2 is 1.64 bits per heavy atom. The van der Waals surface area contributed by atoms with E-state index < -0.39 is 16.8 Å². The summed E-state index contributed by atoms with van der Waals surface area (Å²) in [6.07, 6.45) is 3.32. The van der Waals surface area contributed by atoms with Crippen molar-refractivity contribution in [2.24, 2.45) is 27.6 Å². The van der Waals surface area contributed by atoms with Gasteiger partial charge in [0.25, 0.3) is 0 Å². The molecule has 0 saturated heterocycles. The van der Waals surface area contributed by atoms with Gasteiger partial charge in [-0.25, -0.2) is 0 Å². The molecule has 4 aliphatic rings. The number of rotatable bonds is 3. The van der Waals surface area contributed by atoms with E-state index in [1.54, 1.807) is 7.11 Å². The Bertz CT molecular complexity index is 1350. The summed E-state index contributed by atoms with van der Waals surface area (Å²) in [5, 5.41) is 11.4. The SMILES string of the molecule is CC1(C)[C@H]2CC[C@]1(C(=O)O)C(=O)C2.COCN1CC2(Cc3c1ccc1ccccc31)C(=O)CC(C)(C)CC2=O. The van der Waals surface area contributed by atoms with Crippen LogP contribution < -0.4 is 4.90 Å². The van der Waals surface area contributed by atoms with Gasteiger partial charge in [0.15, 0.2) is 5.78 Å². The van der Waals surface area contributed by atoms with Crippen LogP contribution in [0.4, 0.5) is 5.69 Å². The molecular formula is C32H39NO6. The zero-order chi connectivity index (χ0) is 28.4. The van der Waals surface area contributed by atoms with Gasteiger partial charge in [-0.15, -0.1) is 0 Å². The van der Waals surface area contributed by atoms with Crippen molar-refractivity contribution in [3.8, 4) is 0 Å². The molecule has 39 heavy (non-hydrogen) atoms. The Morgan fingerprint density at radius 3 is 2.18 bits per heavy atom. The highest BCUT2D eigenvalue weighted by Crippen LogP contribution is 2.63. The van der Waals surface area contributed by atoms with E-state index in [0.717, 1.165) is 28.4 Å². The lowest BCUT2D eigenvalue weighted by atomic mass is 9.60. The highest BCUT2D eigenvalue weighted by atomic mass is 16.5. The first-order valence-corrected chi connectivity index (χ1v) is 13.9. The average molecular weight is 534 g/mol. The van der Waals surface area contributed by atoms with Gasteiger partial charge in [-0.2, -0.15) is 0 Å². The van der Waals surface area contributed by atoms with E-state index in [1.807, 2.05) is 39.8 Å². The lowest BCUT2D eigenvalue weighted by Gasteiger charge is -2.47. The van der Waals surface area contributed by atoms with Crippen molar-refractivity contribution >= 4 is 39.8 Å². The summed E-state index contributed by atoms with van der Waals surface area (Å²) in [6.45, 7) is 8.65. The molecule has 2 bridgehead atoms. The first kappa shape index (κ1) is 27.5. The van der Waals surface area contributed by atoms with Crippen LogP contribution in [0.5, 0.6) is 0 Å². The third kappa shape index (κ3) is 4.03. The van der Waals surface area contributed by atoms with Crippen LogP contribution in [0.1, 0.15) is 65.4 Å². The van der Waals surface area contributed by atoms with E-state index in [0.29, 0.717) is 45.4 Å². The van der Waals surface area contributed by atoms with Gasteiger partial charge in [0.2, 0.25) is 0 Å². The van der Waals surface area contributed by atoms with Crippen LogP contribution in [-0.2, 0) is 30.3 Å². The predicted octanol–water partition coefficient (Wildman–Crippen LogP) is 5.22. The normalized spacial score (nSPS) is 27.9. The quantitative estimate of drug-likeness (QED) is 0.540. The first-order chi connectivity index (χ1) is 18.3. The third-order valence-corrected chi connectivity index (χ3v) is 10.2. The largest absolute Gasteiger partial charge is 0.480 e. The summed E-state index contributed by atoms with van der Waals surface area (Å²) >= 11 is 0. The van der Waals surface area contributed by atoms with E-state index in [1.165, 1.54) is 0 Å². The number of carboxylic acid groups (broad SMARTS) is 1. The monoisotopic (exact) mass is 533 g/mol. The fraction of sp³-hybridized carbons (Fsp3) is 0.562. The minimum absolute atomic E-state index is 0.0544. The maximum absolute atomic E-state index is 13.2. The van der Waals surface area contributed by atoms with Crippen molar-refractivity contribution in [1.29, 1.82) is 0 Å². The molecule has 2 aromatic carbocycles. The number of methoxy groups -OCH3 is 1. The van der Waals surface area contributed by atoms with Crippen LogP contribution in [0, 0.1) is 27.6 Å². The number of carbonyl (C=O) groups excluding carboxylic acids is 3. The van der Waals surface area contributed by atoms with Gasteiger partial charge in [-0.3, -0.25) is 19.2 Å². The lowest BCUT2D eigenvalue weighted by molar-refractivity contribution is -0.158. The molecular weight excluding hydrogens is 494 g/mol. The zero-order valence-corrected chi connectivity index (χ0v) is 23.6. The Kier molecular flexibility index (Phi) is 6.53. The van der Waals surface area contributed by atoms with E-state index >= 15 is 0 Å². The van der Waals surface area contributed by atoms with Gasteiger partial charge in [0.05, 0.1) is 0 Å². The van der Waals surface area contributed by atoms with Crippen LogP contribution in [0.3, 0.4) is 0 Å². The minimum Gasteiger partial charge on any atom is -0.480 e. The number of hydrogen-bond donors (Lipinski definition) is 1. The van der Waals surface area contributed by atoms with Crippen molar-refractivity contribution < 1.29 is 29.0 Å². The van der Waals surface area contributed by atoms with Crippen molar-refractivity contribution in [3.63, 3.8) is 0 Å². The molecule has 0 amide bonds. The molecule has 3 fully saturated rings. The second kappa shape index (κ2) is 9.26.